The number of anilines is 2. The maximum atomic E-state index is 5.81. The molecule has 0 saturated carbocycles. The molecule has 72 valence electrons. The first kappa shape index (κ1) is 10.8. The topological polar surface area (TPSA) is 42.2 Å². The molecule has 0 bridgehead atoms. The second-order valence-electron chi connectivity index (χ2n) is 2.67. The summed E-state index contributed by atoms with van der Waals surface area (Å²) in [7, 11) is 1.97. The molecule has 0 aliphatic rings. The van der Waals surface area contributed by atoms with Crippen LogP contribution in [0, 0.1) is 0 Å². The van der Waals surface area contributed by atoms with E-state index >= 15 is 0 Å². The Labute approximate surface area is 94.6 Å². The number of nitrogens with two attached hydrogens (primary N) is 1. The van der Waals surface area contributed by atoms with Crippen LogP contribution in [0.15, 0.2) is 15.1 Å². The fourth-order valence-electron chi connectivity index (χ4n) is 0.885. The fourth-order valence-corrected chi connectivity index (χ4v) is 2.07. The van der Waals surface area contributed by atoms with Gasteiger partial charge in [-0.2, -0.15) is 0 Å². The SMILES string of the molecule is CCN(C)c1ncc(Br)c(N)c1Br. The highest BCUT2D eigenvalue weighted by Gasteiger charge is 2.10. The average Bonchev–Trinajstić information content (AvgIpc) is 2.13. The minimum atomic E-state index is 0.685. The van der Waals surface area contributed by atoms with Crippen LogP contribution in [0.1, 0.15) is 6.92 Å². The van der Waals surface area contributed by atoms with Crippen molar-refractivity contribution in [3.05, 3.63) is 15.1 Å². The van der Waals surface area contributed by atoms with Gasteiger partial charge >= 0.3 is 0 Å². The van der Waals surface area contributed by atoms with E-state index in [2.05, 4.69) is 43.8 Å². The van der Waals surface area contributed by atoms with Gasteiger partial charge in [-0.1, -0.05) is 0 Å². The minimum Gasteiger partial charge on any atom is -0.397 e. The summed E-state index contributed by atoms with van der Waals surface area (Å²) in [6.07, 6.45) is 1.71. The van der Waals surface area contributed by atoms with Gasteiger partial charge in [-0.25, -0.2) is 4.98 Å². The van der Waals surface area contributed by atoms with Gasteiger partial charge in [0.05, 0.1) is 14.6 Å². The number of pyridine rings is 1. The predicted octanol–water partition coefficient (Wildman–Crippen LogP) is 2.64. The Morgan fingerprint density at radius 2 is 2.15 bits per heavy atom. The summed E-state index contributed by atoms with van der Waals surface area (Å²) in [4.78, 5) is 6.28. The van der Waals surface area contributed by atoms with Gasteiger partial charge in [-0.15, -0.1) is 0 Å². The first-order valence-electron chi connectivity index (χ1n) is 3.88. The molecule has 5 heteroatoms. The van der Waals surface area contributed by atoms with Crippen LogP contribution in [0.2, 0.25) is 0 Å². The van der Waals surface area contributed by atoms with E-state index in [4.69, 9.17) is 5.73 Å². The first-order valence-corrected chi connectivity index (χ1v) is 5.47. The van der Waals surface area contributed by atoms with E-state index in [9.17, 15) is 0 Å². The molecule has 0 fully saturated rings. The van der Waals surface area contributed by atoms with Crippen LogP contribution < -0.4 is 10.6 Å². The summed E-state index contributed by atoms with van der Waals surface area (Å²) in [5, 5.41) is 0. The van der Waals surface area contributed by atoms with Crippen molar-refractivity contribution >= 4 is 43.4 Å². The second-order valence-corrected chi connectivity index (χ2v) is 4.32. The van der Waals surface area contributed by atoms with E-state index in [1.54, 1.807) is 6.20 Å². The molecule has 1 heterocycles. The summed E-state index contributed by atoms with van der Waals surface area (Å²) in [5.74, 6) is 0.864. The van der Waals surface area contributed by atoms with Crippen LogP contribution >= 0.6 is 31.9 Å². The molecule has 0 spiro atoms. The van der Waals surface area contributed by atoms with Crippen LogP contribution in [0.25, 0.3) is 0 Å². The summed E-state index contributed by atoms with van der Waals surface area (Å²) in [6.45, 7) is 2.96. The van der Waals surface area contributed by atoms with Crippen LogP contribution in [0.5, 0.6) is 0 Å². The zero-order chi connectivity index (χ0) is 10.0. The molecule has 0 atom stereocenters. The van der Waals surface area contributed by atoms with E-state index in [1.165, 1.54) is 0 Å². The van der Waals surface area contributed by atoms with Gasteiger partial charge in [0, 0.05) is 19.8 Å². The maximum Gasteiger partial charge on any atom is 0.144 e. The van der Waals surface area contributed by atoms with Gasteiger partial charge in [-0.3, -0.25) is 0 Å². The van der Waals surface area contributed by atoms with Crippen LogP contribution in [-0.4, -0.2) is 18.6 Å². The van der Waals surface area contributed by atoms with Crippen LogP contribution in [0.3, 0.4) is 0 Å². The van der Waals surface area contributed by atoms with Gasteiger partial charge in [0.2, 0.25) is 0 Å². The molecule has 0 saturated heterocycles. The number of aromatic nitrogens is 1. The van der Waals surface area contributed by atoms with Crippen LogP contribution in [-0.2, 0) is 0 Å². The quantitative estimate of drug-likeness (QED) is 0.913. The normalized spacial score (nSPS) is 10.2. The van der Waals surface area contributed by atoms with E-state index in [-0.39, 0.29) is 0 Å². The van der Waals surface area contributed by atoms with Crippen molar-refractivity contribution in [2.45, 2.75) is 6.92 Å². The molecule has 0 unspecified atom stereocenters. The minimum absolute atomic E-state index is 0.685. The number of nitrogen functional groups attached to an aromatic ring is 1. The monoisotopic (exact) mass is 307 g/mol. The highest BCUT2D eigenvalue weighted by atomic mass is 79.9. The maximum absolute atomic E-state index is 5.81. The van der Waals surface area contributed by atoms with Gasteiger partial charge < -0.3 is 10.6 Å². The van der Waals surface area contributed by atoms with Crippen molar-refractivity contribution in [2.75, 3.05) is 24.2 Å². The Balaban J connectivity index is 3.18. The lowest BCUT2D eigenvalue weighted by Gasteiger charge is -2.18. The summed E-state index contributed by atoms with van der Waals surface area (Å²) in [6, 6.07) is 0. The van der Waals surface area contributed by atoms with Crippen molar-refractivity contribution in [1.29, 1.82) is 0 Å². The molecule has 0 aromatic carbocycles. The Hall–Kier alpha value is -0.290. The molecule has 0 aliphatic carbocycles. The van der Waals surface area contributed by atoms with Crippen molar-refractivity contribution < 1.29 is 0 Å². The van der Waals surface area contributed by atoms with E-state index in [0.29, 0.717) is 5.69 Å². The third kappa shape index (κ3) is 2.14. The van der Waals surface area contributed by atoms with E-state index < -0.39 is 0 Å². The van der Waals surface area contributed by atoms with Crippen molar-refractivity contribution in [2.24, 2.45) is 0 Å². The molecule has 0 radical (unpaired) electrons. The lowest BCUT2D eigenvalue weighted by atomic mass is 10.4. The van der Waals surface area contributed by atoms with E-state index in [0.717, 1.165) is 21.3 Å². The second kappa shape index (κ2) is 4.28. The Morgan fingerprint density at radius 3 is 2.69 bits per heavy atom. The summed E-state index contributed by atoms with van der Waals surface area (Å²) >= 11 is 6.73. The molecule has 1 rings (SSSR count). The highest BCUT2D eigenvalue weighted by Crippen LogP contribution is 2.33. The molecular weight excluding hydrogens is 298 g/mol. The first-order chi connectivity index (χ1) is 6.07. The predicted molar refractivity (Wildman–Crippen MR) is 63.0 cm³/mol. The molecular formula is C8H11Br2N3. The summed E-state index contributed by atoms with van der Waals surface area (Å²) in [5.41, 5.74) is 6.50. The molecule has 1 aromatic rings. The van der Waals surface area contributed by atoms with Crippen molar-refractivity contribution in [1.82, 2.24) is 4.98 Å². The lowest BCUT2D eigenvalue weighted by molar-refractivity contribution is 0.933. The zero-order valence-electron chi connectivity index (χ0n) is 7.51. The highest BCUT2D eigenvalue weighted by molar-refractivity contribution is 9.11. The van der Waals surface area contributed by atoms with Crippen LogP contribution in [0.4, 0.5) is 11.5 Å². The smallest absolute Gasteiger partial charge is 0.144 e. The van der Waals surface area contributed by atoms with Gasteiger partial charge in [0.25, 0.3) is 0 Å². The molecule has 1 aromatic heterocycles. The number of nitrogens with zero attached hydrogens (tertiary/aromatic N) is 2. The summed E-state index contributed by atoms with van der Waals surface area (Å²) < 4.78 is 1.65. The van der Waals surface area contributed by atoms with E-state index in [1.807, 2.05) is 11.9 Å². The lowest BCUT2D eigenvalue weighted by Crippen LogP contribution is -2.18. The molecule has 3 nitrogen and oxygen atoms in total. The average molecular weight is 309 g/mol. The van der Waals surface area contributed by atoms with Gasteiger partial charge in [-0.05, 0) is 38.8 Å². The third-order valence-electron chi connectivity index (χ3n) is 1.83. The van der Waals surface area contributed by atoms with Crippen molar-refractivity contribution in [3.8, 4) is 0 Å². The molecule has 13 heavy (non-hydrogen) atoms. The standard InChI is InChI=1S/C8H11Br2N3/c1-3-13(2)8-6(10)7(11)5(9)4-12-8/h4H,3H2,1-2H3,(H2,11,12). The number of hydrogen-bond donors (Lipinski definition) is 1. The Kier molecular flexibility index (Phi) is 3.55. The number of hydrogen-bond acceptors (Lipinski definition) is 3. The number of rotatable bonds is 2. The zero-order valence-corrected chi connectivity index (χ0v) is 10.7. The Morgan fingerprint density at radius 1 is 1.54 bits per heavy atom. The third-order valence-corrected chi connectivity index (χ3v) is 3.24. The fraction of sp³-hybridized carbons (Fsp3) is 0.375. The van der Waals surface area contributed by atoms with Gasteiger partial charge in [0.1, 0.15) is 5.82 Å². The Bertz CT molecular complexity index is 315. The number of halogens is 2. The molecule has 2 N–H and O–H groups in total. The molecule has 0 amide bonds. The molecule has 0 aliphatic heterocycles. The largest absolute Gasteiger partial charge is 0.397 e. The van der Waals surface area contributed by atoms with Crippen molar-refractivity contribution in [3.63, 3.8) is 0 Å². The van der Waals surface area contributed by atoms with Gasteiger partial charge in [0.15, 0.2) is 0 Å².